The Morgan fingerprint density at radius 1 is 1.10 bits per heavy atom. The normalized spacial score (nSPS) is 13.7. The Kier molecular flexibility index (Phi) is 5.40. The van der Waals surface area contributed by atoms with Crippen LogP contribution in [-0.2, 0) is 6.42 Å². The van der Waals surface area contributed by atoms with E-state index in [2.05, 4.69) is 67.7 Å². The molecule has 0 aliphatic heterocycles. The molecule has 0 radical (unpaired) electrons. The van der Waals surface area contributed by atoms with Crippen molar-refractivity contribution in [1.29, 1.82) is 0 Å². The second-order valence-electron chi connectivity index (χ2n) is 5.61. The van der Waals surface area contributed by atoms with Crippen molar-refractivity contribution in [3.63, 3.8) is 0 Å². The van der Waals surface area contributed by atoms with E-state index in [1.165, 1.54) is 16.7 Å². The Labute approximate surface area is 128 Å². The third-order valence-electron chi connectivity index (χ3n) is 4.18. The van der Waals surface area contributed by atoms with Gasteiger partial charge >= 0.3 is 0 Å². The number of ether oxygens (including phenoxy) is 1. The van der Waals surface area contributed by atoms with E-state index in [1.807, 2.05) is 7.05 Å². The average Bonchev–Trinajstić information content (AvgIpc) is 2.53. The van der Waals surface area contributed by atoms with E-state index >= 15 is 0 Å². The monoisotopic (exact) mass is 283 g/mol. The zero-order valence-corrected chi connectivity index (χ0v) is 13.4. The summed E-state index contributed by atoms with van der Waals surface area (Å²) in [5, 5.41) is 3.46. The second kappa shape index (κ2) is 7.28. The van der Waals surface area contributed by atoms with Crippen LogP contribution in [0.5, 0.6) is 5.75 Å². The molecule has 2 heteroatoms. The van der Waals surface area contributed by atoms with Crippen molar-refractivity contribution < 1.29 is 4.74 Å². The summed E-state index contributed by atoms with van der Waals surface area (Å²) < 4.78 is 5.50. The van der Waals surface area contributed by atoms with Crippen LogP contribution in [0.1, 0.15) is 29.5 Å². The van der Waals surface area contributed by atoms with E-state index in [1.54, 1.807) is 7.11 Å². The van der Waals surface area contributed by atoms with E-state index in [4.69, 9.17) is 4.74 Å². The molecule has 2 unspecified atom stereocenters. The van der Waals surface area contributed by atoms with Crippen molar-refractivity contribution in [3.05, 3.63) is 65.2 Å². The van der Waals surface area contributed by atoms with Gasteiger partial charge in [-0.15, -0.1) is 0 Å². The summed E-state index contributed by atoms with van der Waals surface area (Å²) in [7, 11) is 3.77. The summed E-state index contributed by atoms with van der Waals surface area (Å²) >= 11 is 0. The second-order valence-corrected chi connectivity index (χ2v) is 5.61. The molecule has 2 rings (SSSR count). The highest BCUT2D eigenvalue weighted by molar-refractivity contribution is 5.38. The van der Waals surface area contributed by atoms with E-state index in [9.17, 15) is 0 Å². The first-order chi connectivity index (χ1) is 10.2. The number of hydrogen-bond acceptors (Lipinski definition) is 2. The molecule has 0 aromatic heterocycles. The van der Waals surface area contributed by atoms with Crippen LogP contribution < -0.4 is 10.1 Å². The zero-order valence-electron chi connectivity index (χ0n) is 13.4. The first-order valence-electron chi connectivity index (χ1n) is 7.51. The highest BCUT2D eigenvalue weighted by atomic mass is 16.5. The third kappa shape index (κ3) is 3.85. The quantitative estimate of drug-likeness (QED) is 0.867. The number of nitrogens with one attached hydrogen (secondary N) is 1. The molecule has 0 heterocycles. The minimum Gasteiger partial charge on any atom is -0.496 e. The number of likely N-dealkylation sites (N-methyl/N-ethyl adjacent to an activating group) is 1. The molecule has 2 aromatic carbocycles. The summed E-state index contributed by atoms with van der Waals surface area (Å²) in [6.07, 6.45) is 0.956. The lowest BCUT2D eigenvalue weighted by Crippen LogP contribution is -2.33. The molecule has 0 aliphatic rings. The fourth-order valence-corrected chi connectivity index (χ4v) is 2.82. The molecule has 0 fully saturated rings. The first-order valence-corrected chi connectivity index (χ1v) is 7.51. The molecule has 0 bridgehead atoms. The highest BCUT2D eigenvalue weighted by Crippen LogP contribution is 2.26. The third-order valence-corrected chi connectivity index (χ3v) is 4.18. The van der Waals surface area contributed by atoms with Crippen molar-refractivity contribution in [3.8, 4) is 5.75 Å². The smallest absolute Gasteiger partial charge is 0.122 e. The lowest BCUT2D eigenvalue weighted by molar-refractivity contribution is 0.402. The van der Waals surface area contributed by atoms with Crippen LogP contribution in [0.4, 0.5) is 0 Å². The van der Waals surface area contributed by atoms with Crippen molar-refractivity contribution in [2.24, 2.45) is 0 Å². The molecule has 0 saturated carbocycles. The van der Waals surface area contributed by atoms with E-state index < -0.39 is 0 Å². The Morgan fingerprint density at radius 2 is 1.81 bits per heavy atom. The molecule has 112 valence electrons. The molecular formula is C19H25NO. The summed E-state index contributed by atoms with van der Waals surface area (Å²) in [4.78, 5) is 0. The van der Waals surface area contributed by atoms with Gasteiger partial charge in [-0.25, -0.2) is 0 Å². The fourth-order valence-electron chi connectivity index (χ4n) is 2.82. The minimum atomic E-state index is 0.378. The van der Waals surface area contributed by atoms with Crippen LogP contribution in [0.3, 0.4) is 0 Å². The lowest BCUT2D eigenvalue weighted by atomic mass is 9.88. The van der Waals surface area contributed by atoms with Crippen molar-refractivity contribution in [2.75, 3.05) is 14.2 Å². The predicted octanol–water partition coefficient (Wildman–Crippen LogP) is 3.94. The molecule has 2 aromatic rings. The van der Waals surface area contributed by atoms with E-state index in [0.717, 1.165) is 12.2 Å². The number of rotatable bonds is 6. The van der Waals surface area contributed by atoms with Gasteiger partial charge in [0.05, 0.1) is 7.11 Å². The molecule has 2 atom stereocenters. The number of methoxy groups -OCH3 is 1. The summed E-state index contributed by atoms with van der Waals surface area (Å²) in [5.41, 5.74) is 3.90. The van der Waals surface area contributed by atoms with Gasteiger partial charge in [-0.2, -0.15) is 0 Å². The van der Waals surface area contributed by atoms with Gasteiger partial charge in [-0.3, -0.25) is 0 Å². The zero-order chi connectivity index (χ0) is 15.2. The molecule has 21 heavy (non-hydrogen) atoms. The Balaban J connectivity index is 2.21. The van der Waals surface area contributed by atoms with Crippen LogP contribution >= 0.6 is 0 Å². The van der Waals surface area contributed by atoms with Gasteiger partial charge in [0.15, 0.2) is 0 Å². The lowest BCUT2D eigenvalue weighted by Gasteiger charge is -2.25. The first kappa shape index (κ1) is 15.6. The van der Waals surface area contributed by atoms with Crippen LogP contribution in [0.2, 0.25) is 0 Å². The van der Waals surface area contributed by atoms with Crippen LogP contribution in [0.25, 0.3) is 0 Å². The fraction of sp³-hybridized carbons (Fsp3) is 0.368. The van der Waals surface area contributed by atoms with Crippen molar-refractivity contribution in [1.82, 2.24) is 5.32 Å². The van der Waals surface area contributed by atoms with Gasteiger partial charge < -0.3 is 10.1 Å². The van der Waals surface area contributed by atoms with E-state index in [0.29, 0.717) is 12.0 Å². The highest BCUT2D eigenvalue weighted by Gasteiger charge is 2.19. The van der Waals surface area contributed by atoms with Gasteiger partial charge in [-0.1, -0.05) is 55.0 Å². The molecule has 0 amide bonds. The molecule has 2 nitrogen and oxygen atoms in total. The number of aryl methyl sites for hydroxylation is 1. The Bertz CT molecular complexity index is 565. The maximum absolute atomic E-state index is 5.50. The largest absolute Gasteiger partial charge is 0.496 e. The van der Waals surface area contributed by atoms with Crippen LogP contribution in [0.15, 0.2) is 48.5 Å². The number of hydrogen-bond donors (Lipinski definition) is 1. The van der Waals surface area contributed by atoms with Gasteiger partial charge in [-0.05, 0) is 43.5 Å². The summed E-state index contributed by atoms with van der Waals surface area (Å²) in [5.74, 6) is 1.42. The summed E-state index contributed by atoms with van der Waals surface area (Å²) in [6.45, 7) is 4.40. The van der Waals surface area contributed by atoms with Crippen LogP contribution in [0, 0.1) is 6.92 Å². The molecule has 0 saturated heterocycles. The van der Waals surface area contributed by atoms with Gasteiger partial charge in [0.25, 0.3) is 0 Å². The predicted molar refractivity (Wildman–Crippen MR) is 89.1 cm³/mol. The van der Waals surface area contributed by atoms with Crippen molar-refractivity contribution >= 4 is 0 Å². The topological polar surface area (TPSA) is 21.3 Å². The molecule has 1 N–H and O–H groups in total. The SMILES string of the molecule is CNC(Cc1cc(C)ccc1OC)C(C)c1ccccc1. The Morgan fingerprint density at radius 3 is 2.43 bits per heavy atom. The maximum Gasteiger partial charge on any atom is 0.122 e. The van der Waals surface area contributed by atoms with Crippen molar-refractivity contribution in [2.45, 2.75) is 32.2 Å². The average molecular weight is 283 g/mol. The minimum absolute atomic E-state index is 0.378. The summed E-state index contributed by atoms with van der Waals surface area (Å²) in [6, 6.07) is 17.4. The maximum atomic E-state index is 5.50. The van der Waals surface area contributed by atoms with Gasteiger partial charge in [0.2, 0.25) is 0 Å². The van der Waals surface area contributed by atoms with E-state index in [-0.39, 0.29) is 0 Å². The standard InChI is InChI=1S/C19H25NO/c1-14-10-11-19(21-4)17(12-14)13-18(20-3)15(2)16-8-6-5-7-9-16/h5-12,15,18,20H,13H2,1-4H3. The molecule has 0 spiro atoms. The van der Waals surface area contributed by atoms with Gasteiger partial charge in [0.1, 0.15) is 5.75 Å². The Hall–Kier alpha value is -1.80. The van der Waals surface area contributed by atoms with Crippen LogP contribution in [-0.4, -0.2) is 20.2 Å². The molecular weight excluding hydrogens is 258 g/mol. The van der Waals surface area contributed by atoms with Gasteiger partial charge in [0, 0.05) is 6.04 Å². The molecule has 0 aliphatic carbocycles. The number of benzene rings is 2.